The lowest BCUT2D eigenvalue weighted by molar-refractivity contribution is 0.205. The van der Waals surface area contributed by atoms with E-state index in [1.807, 2.05) is 84.9 Å². The predicted molar refractivity (Wildman–Crippen MR) is 98.1 cm³/mol. The molecule has 0 aliphatic heterocycles. The number of amides is 1. The monoisotopic (exact) mass is 313 g/mol. The molecule has 0 bridgehead atoms. The molecule has 0 atom stereocenters. The largest absolute Gasteiger partial charge is 0.464 e. The fourth-order valence-electron chi connectivity index (χ4n) is 3.14. The van der Waals surface area contributed by atoms with E-state index in [1.54, 1.807) is 0 Å². The van der Waals surface area contributed by atoms with Crippen LogP contribution >= 0.6 is 0 Å². The van der Waals surface area contributed by atoms with Crippen molar-refractivity contribution in [1.29, 1.82) is 0 Å². The molecular formula is C21H15NO2. The van der Waals surface area contributed by atoms with E-state index >= 15 is 0 Å². The lowest BCUT2D eigenvalue weighted by Gasteiger charge is -2.23. The minimum Gasteiger partial charge on any atom is -0.464 e. The average molecular weight is 313 g/mol. The Labute approximate surface area is 139 Å². The SMILES string of the molecule is O=C(O)N(c1cccc2ccccc12)c1cccc2ccccc12. The topological polar surface area (TPSA) is 40.5 Å². The zero-order valence-electron chi connectivity index (χ0n) is 12.9. The van der Waals surface area contributed by atoms with Gasteiger partial charge in [0.05, 0.1) is 11.4 Å². The Kier molecular flexibility index (Phi) is 3.39. The molecule has 3 heteroatoms. The van der Waals surface area contributed by atoms with E-state index in [9.17, 15) is 9.90 Å². The average Bonchev–Trinajstić information content (AvgIpc) is 2.62. The number of hydrogen-bond donors (Lipinski definition) is 1. The van der Waals surface area contributed by atoms with Gasteiger partial charge < -0.3 is 5.11 Å². The summed E-state index contributed by atoms with van der Waals surface area (Å²) in [7, 11) is 0. The Morgan fingerprint density at radius 3 is 1.50 bits per heavy atom. The molecule has 116 valence electrons. The van der Waals surface area contributed by atoms with E-state index in [0.29, 0.717) is 11.4 Å². The standard InChI is InChI=1S/C21H15NO2/c23-21(24)22(19-13-5-9-15-7-1-3-11-17(15)19)20-14-6-10-16-8-2-4-12-18(16)20/h1-14H,(H,23,24). The van der Waals surface area contributed by atoms with Gasteiger partial charge in [0.2, 0.25) is 0 Å². The van der Waals surface area contributed by atoms with Crippen LogP contribution in [0, 0.1) is 0 Å². The van der Waals surface area contributed by atoms with Gasteiger partial charge in [-0.15, -0.1) is 0 Å². The van der Waals surface area contributed by atoms with Crippen molar-refractivity contribution in [3.05, 3.63) is 84.9 Å². The second kappa shape index (κ2) is 5.70. The van der Waals surface area contributed by atoms with Crippen molar-refractivity contribution < 1.29 is 9.90 Å². The van der Waals surface area contributed by atoms with Crippen LogP contribution in [0.1, 0.15) is 0 Å². The van der Waals surface area contributed by atoms with E-state index in [2.05, 4.69) is 0 Å². The third-order valence-corrected chi connectivity index (χ3v) is 4.21. The van der Waals surface area contributed by atoms with Gasteiger partial charge in [-0.25, -0.2) is 9.69 Å². The molecule has 1 N–H and O–H groups in total. The van der Waals surface area contributed by atoms with Crippen molar-refractivity contribution in [3.63, 3.8) is 0 Å². The van der Waals surface area contributed by atoms with Crippen molar-refractivity contribution >= 4 is 39.0 Å². The molecule has 0 heterocycles. The van der Waals surface area contributed by atoms with Crippen LogP contribution in [0.4, 0.5) is 16.2 Å². The second-order valence-corrected chi connectivity index (χ2v) is 5.61. The van der Waals surface area contributed by atoms with Gasteiger partial charge >= 0.3 is 6.09 Å². The summed E-state index contributed by atoms with van der Waals surface area (Å²) in [5.41, 5.74) is 1.33. The summed E-state index contributed by atoms with van der Waals surface area (Å²) in [6.07, 6.45) is -0.997. The molecule has 4 aromatic carbocycles. The summed E-state index contributed by atoms with van der Waals surface area (Å²) in [5.74, 6) is 0. The molecule has 0 spiro atoms. The van der Waals surface area contributed by atoms with Gasteiger partial charge in [-0.3, -0.25) is 0 Å². The Hall–Kier alpha value is -3.33. The molecule has 0 aliphatic carbocycles. The molecule has 4 rings (SSSR count). The summed E-state index contributed by atoms with van der Waals surface area (Å²) >= 11 is 0. The third kappa shape index (κ3) is 2.27. The van der Waals surface area contributed by atoms with Crippen LogP contribution in [-0.2, 0) is 0 Å². The number of nitrogens with zero attached hydrogens (tertiary/aromatic N) is 1. The number of anilines is 2. The van der Waals surface area contributed by atoms with Crippen LogP contribution in [0.15, 0.2) is 84.9 Å². The molecule has 0 radical (unpaired) electrons. The van der Waals surface area contributed by atoms with Crippen molar-refractivity contribution in [1.82, 2.24) is 0 Å². The molecule has 0 aliphatic rings. The minimum atomic E-state index is -0.997. The van der Waals surface area contributed by atoms with Crippen LogP contribution in [0.5, 0.6) is 0 Å². The molecule has 4 aromatic rings. The Morgan fingerprint density at radius 1 is 0.625 bits per heavy atom. The van der Waals surface area contributed by atoms with Gasteiger partial charge in [-0.05, 0) is 22.9 Å². The van der Waals surface area contributed by atoms with Crippen molar-refractivity contribution in [2.45, 2.75) is 0 Å². The number of benzene rings is 4. The quantitative estimate of drug-likeness (QED) is 0.507. The third-order valence-electron chi connectivity index (χ3n) is 4.21. The Bertz CT molecular complexity index is 966. The molecule has 3 nitrogen and oxygen atoms in total. The molecule has 1 amide bonds. The fourth-order valence-corrected chi connectivity index (χ4v) is 3.14. The highest BCUT2D eigenvalue weighted by Gasteiger charge is 2.20. The smallest absolute Gasteiger partial charge is 0.416 e. The number of rotatable bonds is 2. The van der Waals surface area contributed by atoms with Gasteiger partial charge in [0.1, 0.15) is 0 Å². The summed E-state index contributed by atoms with van der Waals surface area (Å²) in [5, 5.41) is 13.8. The van der Waals surface area contributed by atoms with Crippen LogP contribution < -0.4 is 4.90 Å². The number of hydrogen-bond acceptors (Lipinski definition) is 1. The fraction of sp³-hybridized carbons (Fsp3) is 0. The van der Waals surface area contributed by atoms with Gasteiger partial charge in [0.15, 0.2) is 0 Å². The first-order valence-electron chi connectivity index (χ1n) is 7.74. The maximum absolute atomic E-state index is 12.1. The van der Waals surface area contributed by atoms with Gasteiger partial charge in [-0.1, -0.05) is 72.8 Å². The highest BCUT2D eigenvalue weighted by molar-refractivity contribution is 6.10. The number of fused-ring (bicyclic) bond motifs is 2. The number of carbonyl (C=O) groups is 1. The van der Waals surface area contributed by atoms with Crippen molar-refractivity contribution in [2.24, 2.45) is 0 Å². The van der Waals surface area contributed by atoms with Crippen molar-refractivity contribution in [3.8, 4) is 0 Å². The highest BCUT2D eigenvalue weighted by Crippen LogP contribution is 2.36. The molecule has 0 unspecified atom stereocenters. The van der Waals surface area contributed by atoms with Crippen LogP contribution in [-0.4, -0.2) is 11.2 Å². The van der Waals surface area contributed by atoms with Crippen molar-refractivity contribution in [2.75, 3.05) is 4.90 Å². The maximum Gasteiger partial charge on any atom is 0.416 e. The van der Waals surface area contributed by atoms with E-state index in [-0.39, 0.29) is 0 Å². The lowest BCUT2D eigenvalue weighted by atomic mass is 10.1. The summed E-state index contributed by atoms with van der Waals surface area (Å²) < 4.78 is 0. The Morgan fingerprint density at radius 2 is 1.04 bits per heavy atom. The van der Waals surface area contributed by atoms with E-state index in [1.165, 1.54) is 4.90 Å². The van der Waals surface area contributed by atoms with E-state index in [0.717, 1.165) is 21.5 Å². The zero-order valence-corrected chi connectivity index (χ0v) is 12.9. The second-order valence-electron chi connectivity index (χ2n) is 5.61. The molecule has 0 saturated carbocycles. The van der Waals surface area contributed by atoms with E-state index in [4.69, 9.17) is 0 Å². The molecule has 24 heavy (non-hydrogen) atoms. The van der Waals surface area contributed by atoms with E-state index < -0.39 is 6.09 Å². The first-order chi connectivity index (χ1) is 11.8. The summed E-state index contributed by atoms with van der Waals surface area (Å²) in [6.45, 7) is 0. The normalized spacial score (nSPS) is 10.8. The zero-order chi connectivity index (χ0) is 16.5. The minimum absolute atomic E-state index is 0.664. The molecule has 0 fully saturated rings. The first kappa shape index (κ1) is 14.3. The summed E-state index contributed by atoms with van der Waals surface area (Å²) in [4.78, 5) is 13.5. The van der Waals surface area contributed by atoms with Crippen LogP contribution in [0.2, 0.25) is 0 Å². The van der Waals surface area contributed by atoms with Gasteiger partial charge in [0.25, 0.3) is 0 Å². The summed E-state index contributed by atoms with van der Waals surface area (Å²) in [6, 6.07) is 27.1. The van der Waals surface area contributed by atoms with Gasteiger partial charge in [0, 0.05) is 10.8 Å². The van der Waals surface area contributed by atoms with Crippen LogP contribution in [0.3, 0.4) is 0 Å². The Balaban J connectivity index is 2.02. The maximum atomic E-state index is 12.1. The molecule has 0 saturated heterocycles. The number of carboxylic acid groups (broad SMARTS) is 1. The highest BCUT2D eigenvalue weighted by atomic mass is 16.4. The molecule has 0 aromatic heterocycles. The van der Waals surface area contributed by atoms with Gasteiger partial charge in [-0.2, -0.15) is 0 Å². The first-order valence-corrected chi connectivity index (χ1v) is 7.74. The van der Waals surface area contributed by atoms with Crippen LogP contribution in [0.25, 0.3) is 21.5 Å². The lowest BCUT2D eigenvalue weighted by Crippen LogP contribution is -2.24. The molecular weight excluding hydrogens is 298 g/mol. The predicted octanol–water partition coefficient (Wildman–Crippen LogP) is 5.81.